The van der Waals surface area contributed by atoms with E-state index >= 15 is 0 Å². The van der Waals surface area contributed by atoms with Crippen molar-refractivity contribution in [1.29, 1.82) is 5.26 Å². The fourth-order valence-electron chi connectivity index (χ4n) is 2.82. The monoisotopic (exact) mass is 320 g/mol. The lowest BCUT2D eigenvalue weighted by Gasteiger charge is -2.17. The van der Waals surface area contributed by atoms with Crippen molar-refractivity contribution in [3.63, 3.8) is 0 Å². The molecule has 1 heterocycles. The van der Waals surface area contributed by atoms with Crippen LogP contribution in [0.1, 0.15) is 18.4 Å². The van der Waals surface area contributed by atoms with Crippen LogP contribution >= 0.6 is 0 Å². The van der Waals surface area contributed by atoms with E-state index in [1.54, 1.807) is 18.2 Å². The molecule has 0 aliphatic carbocycles. The van der Waals surface area contributed by atoms with Gasteiger partial charge in [-0.15, -0.1) is 0 Å². The van der Waals surface area contributed by atoms with Crippen LogP contribution in [0.4, 0.5) is 17.1 Å². The summed E-state index contributed by atoms with van der Waals surface area (Å²) in [4.78, 5) is 14.4. The van der Waals surface area contributed by atoms with Gasteiger partial charge in [-0.1, -0.05) is 6.07 Å². The number of hydrogen-bond donors (Lipinski definition) is 2. The minimum atomic E-state index is -0.119. The van der Waals surface area contributed by atoms with E-state index in [0.29, 0.717) is 5.56 Å². The fraction of sp³-hybridized carbons (Fsp3) is 0.263. The van der Waals surface area contributed by atoms with E-state index in [2.05, 4.69) is 21.6 Å². The van der Waals surface area contributed by atoms with Gasteiger partial charge in [0.2, 0.25) is 5.91 Å². The summed E-state index contributed by atoms with van der Waals surface area (Å²) in [5.41, 5.74) is 3.32. The largest absolute Gasteiger partial charge is 0.376 e. The smallest absolute Gasteiger partial charge is 0.243 e. The lowest BCUT2D eigenvalue weighted by molar-refractivity contribution is -0.114. The second kappa shape index (κ2) is 7.51. The minimum Gasteiger partial charge on any atom is -0.376 e. The number of hydrogen-bond acceptors (Lipinski definition) is 4. The van der Waals surface area contributed by atoms with Crippen LogP contribution in [0.25, 0.3) is 0 Å². The maximum Gasteiger partial charge on any atom is 0.243 e. The number of carbonyl (C=O) groups is 1. The molecule has 0 bridgehead atoms. The molecule has 122 valence electrons. The third-order valence-corrected chi connectivity index (χ3v) is 4.07. The van der Waals surface area contributed by atoms with Gasteiger partial charge >= 0.3 is 0 Å². The van der Waals surface area contributed by atoms with Crippen LogP contribution in [0.5, 0.6) is 0 Å². The number of carbonyl (C=O) groups excluding carboxylic acids is 1. The number of benzene rings is 2. The Labute approximate surface area is 141 Å². The number of anilines is 3. The molecular formula is C19H20N4O. The molecule has 1 aliphatic heterocycles. The Morgan fingerprint density at radius 2 is 1.83 bits per heavy atom. The van der Waals surface area contributed by atoms with E-state index in [0.717, 1.165) is 24.5 Å². The standard InChI is InChI=1S/C19H20N4O/c20-13-15-4-3-5-17(12-15)21-14-19(24)22-16-6-8-18(9-7-16)23-10-1-2-11-23/h3-9,12,21H,1-2,10-11,14H2,(H,22,24). The molecule has 24 heavy (non-hydrogen) atoms. The van der Waals surface area contributed by atoms with E-state index in [1.807, 2.05) is 30.3 Å². The van der Waals surface area contributed by atoms with E-state index in [4.69, 9.17) is 5.26 Å². The van der Waals surface area contributed by atoms with Gasteiger partial charge in [-0.3, -0.25) is 4.79 Å². The molecule has 1 aliphatic rings. The summed E-state index contributed by atoms with van der Waals surface area (Å²) in [6.07, 6.45) is 2.49. The topological polar surface area (TPSA) is 68.2 Å². The van der Waals surface area contributed by atoms with Gasteiger partial charge in [0.15, 0.2) is 0 Å². The zero-order chi connectivity index (χ0) is 16.8. The Kier molecular flexibility index (Phi) is 4.97. The fourth-order valence-corrected chi connectivity index (χ4v) is 2.82. The highest BCUT2D eigenvalue weighted by Gasteiger charge is 2.12. The molecule has 1 saturated heterocycles. The first-order valence-corrected chi connectivity index (χ1v) is 8.13. The Balaban J connectivity index is 1.52. The van der Waals surface area contributed by atoms with E-state index in [1.165, 1.54) is 18.5 Å². The third kappa shape index (κ3) is 4.05. The highest BCUT2D eigenvalue weighted by atomic mass is 16.1. The average molecular weight is 320 g/mol. The van der Waals surface area contributed by atoms with Gasteiger partial charge in [-0.2, -0.15) is 5.26 Å². The molecule has 2 aromatic carbocycles. The lowest BCUT2D eigenvalue weighted by Crippen LogP contribution is -2.22. The lowest BCUT2D eigenvalue weighted by atomic mass is 10.2. The highest BCUT2D eigenvalue weighted by molar-refractivity contribution is 5.93. The number of nitrogens with one attached hydrogen (secondary N) is 2. The summed E-state index contributed by atoms with van der Waals surface area (Å²) in [6, 6.07) is 17.1. The Bertz CT molecular complexity index is 743. The first-order valence-electron chi connectivity index (χ1n) is 8.13. The Hall–Kier alpha value is -3.00. The average Bonchev–Trinajstić information content (AvgIpc) is 3.15. The molecule has 2 N–H and O–H groups in total. The number of nitrogens with zero attached hydrogens (tertiary/aromatic N) is 2. The molecule has 5 nitrogen and oxygen atoms in total. The molecule has 1 fully saturated rings. The predicted octanol–water partition coefficient (Wildman–Crippen LogP) is 3.21. The normalized spacial score (nSPS) is 13.4. The van der Waals surface area contributed by atoms with Gasteiger partial charge in [0.1, 0.15) is 0 Å². The first kappa shape index (κ1) is 15.9. The van der Waals surface area contributed by atoms with Crippen LogP contribution in [0, 0.1) is 11.3 Å². The van der Waals surface area contributed by atoms with Crippen LogP contribution in [-0.2, 0) is 4.79 Å². The van der Waals surface area contributed by atoms with Gasteiger partial charge in [0.05, 0.1) is 18.2 Å². The van der Waals surface area contributed by atoms with Gasteiger partial charge in [-0.25, -0.2) is 0 Å². The first-order chi connectivity index (χ1) is 11.7. The number of amides is 1. The molecule has 5 heteroatoms. The quantitative estimate of drug-likeness (QED) is 0.887. The summed E-state index contributed by atoms with van der Waals surface area (Å²) in [5, 5.41) is 14.8. The Morgan fingerprint density at radius 1 is 1.08 bits per heavy atom. The molecule has 0 saturated carbocycles. The van der Waals surface area contributed by atoms with Crippen LogP contribution in [-0.4, -0.2) is 25.5 Å². The zero-order valence-electron chi connectivity index (χ0n) is 13.5. The van der Waals surface area contributed by atoms with Gasteiger partial charge in [0, 0.05) is 30.2 Å². The van der Waals surface area contributed by atoms with E-state index in [9.17, 15) is 4.79 Å². The molecule has 2 aromatic rings. The van der Waals surface area contributed by atoms with Crippen molar-refractivity contribution < 1.29 is 4.79 Å². The second-order valence-electron chi connectivity index (χ2n) is 5.84. The summed E-state index contributed by atoms with van der Waals surface area (Å²) >= 11 is 0. The molecule has 3 rings (SSSR count). The van der Waals surface area contributed by atoms with Crippen LogP contribution in [0.3, 0.4) is 0 Å². The maximum atomic E-state index is 12.0. The number of nitriles is 1. The molecular weight excluding hydrogens is 300 g/mol. The van der Waals surface area contributed by atoms with Crippen molar-refractivity contribution in [3.05, 3.63) is 54.1 Å². The third-order valence-electron chi connectivity index (χ3n) is 4.07. The summed E-state index contributed by atoms with van der Waals surface area (Å²) in [6.45, 7) is 2.37. The van der Waals surface area contributed by atoms with Crippen molar-refractivity contribution >= 4 is 23.0 Å². The zero-order valence-corrected chi connectivity index (χ0v) is 13.5. The highest BCUT2D eigenvalue weighted by Crippen LogP contribution is 2.22. The van der Waals surface area contributed by atoms with E-state index < -0.39 is 0 Å². The molecule has 0 unspecified atom stereocenters. The van der Waals surface area contributed by atoms with Crippen molar-refractivity contribution in [3.8, 4) is 6.07 Å². The van der Waals surface area contributed by atoms with Gasteiger partial charge in [0.25, 0.3) is 0 Å². The number of rotatable bonds is 5. The van der Waals surface area contributed by atoms with Crippen LogP contribution in [0.15, 0.2) is 48.5 Å². The summed E-state index contributed by atoms with van der Waals surface area (Å²) in [5.74, 6) is -0.119. The van der Waals surface area contributed by atoms with Crippen LogP contribution < -0.4 is 15.5 Å². The summed E-state index contributed by atoms with van der Waals surface area (Å²) in [7, 11) is 0. The molecule has 1 amide bonds. The van der Waals surface area contributed by atoms with Crippen LogP contribution in [0.2, 0.25) is 0 Å². The molecule has 0 radical (unpaired) electrons. The SMILES string of the molecule is N#Cc1cccc(NCC(=O)Nc2ccc(N3CCCC3)cc2)c1. The van der Waals surface area contributed by atoms with Crippen molar-refractivity contribution in [2.24, 2.45) is 0 Å². The van der Waals surface area contributed by atoms with Gasteiger partial charge in [-0.05, 0) is 55.3 Å². The second-order valence-corrected chi connectivity index (χ2v) is 5.84. The van der Waals surface area contributed by atoms with Crippen molar-refractivity contribution in [2.75, 3.05) is 35.2 Å². The molecule has 0 atom stereocenters. The minimum absolute atomic E-state index is 0.119. The summed E-state index contributed by atoms with van der Waals surface area (Å²) < 4.78 is 0. The predicted molar refractivity (Wildman–Crippen MR) is 96.2 cm³/mol. The van der Waals surface area contributed by atoms with E-state index in [-0.39, 0.29) is 12.5 Å². The van der Waals surface area contributed by atoms with Crippen molar-refractivity contribution in [2.45, 2.75) is 12.8 Å². The maximum absolute atomic E-state index is 12.0. The molecule has 0 aromatic heterocycles. The van der Waals surface area contributed by atoms with Gasteiger partial charge < -0.3 is 15.5 Å². The van der Waals surface area contributed by atoms with Crippen molar-refractivity contribution in [1.82, 2.24) is 0 Å². The Morgan fingerprint density at radius 3 is 2.54 bits per heavy atom. The molecule has 0 spiro atoms.